The SMILES string of the molecule is CC(C)(C)c1ccc(N2c3ccccc3N(c3c(-c4ccccc4)cccc3-c3ccccc3)c3ccccc32)cc1.CC(C)(C)c1ccc(N2c3ccccc3N(c3ccccc3)c3ccccc32)cc1.CC(C)(C)c1ccc(N2c3ccccc3[Si]3(c4ccccc4-c4ccccc43)c3ccccc32)cc1.Cc1cccc(C)c1B1c2ccccc2N(c2ccc(C(C)(C)C)cc2)c2ccccc21. The van der Waals surface area contributed by atoms with Crippen molar-refractivity contribution >= 4 is 154 Å². The Balaban J connectivity index is 0.000000112. The van der Waals surface area contributed by atoms with Crippen LogP contribution >= 0.6 is 0 Å². The zero-order valence-corrected chi connectivity index (χ0v) is 83.7. The van der Waals surface area contributed by atoms with Gasteiger partial charge in [-0.3, -0.25) is 0 Å². The number of benzene rings is 19. The molecule has 0 aliphatic carbocycles. The standard InChI is InChI=1S/C40H34N2.C34H29NSi.C30H30BN.C28H26N2/c1-40(2,3)31-25-27-32(28-26-31)41-35-21-10-12-23-37(35)42(38-24-13-11-22-36(38)41)39-33(29-15-6-4-7-16-29)19-14-20-34(39)30-17-8-5-9-18-30;1-34(2,3)24-20-22-25(23-21-24)35-28-14-6-10-18-32(28)36(33-19-11-7-15-29(33)35)30-16-8-4-12-26(30)27-13-5-9-17-31(27)36;1-21-11-10-12-22(2)29(21)31-25-13-6-8-15-27(25)32(28-16-9-7-14-26(28)31)24-19-17-23(18-20-24)30(3,4)5;1-28(2,3)21-17-19-23(20-18-21)30-26-15-9-7-13-24(26)29(22-11-5-4-6-12-22)25-14-8-10-16-27(25)30/h4-28H,1-3H3;4-23H,1-3H3;6-20H,1-5H3;4-20H,1-3H3. The lowest BCUT2D eigenvalue weighted by Gasteiger charge is -2.43. The number of hydrogen-bond donors (Lipinski definition) is 0. The van der Waals surface area contributed by atoms with Crippen LogP contribution < -0.4 is 66.5 Å². The molecule has 19 aromatic carbocycles. The highest BCUT2D eigenvalue weighted by Crippen LogP contribution is 2.59. The summed E-state index contributed by atoms with van der Waals surface area (Å²) in [5.41, 5.74) is 41.9. The molecule has 140 heavy (non-hydrogen) atoms. The minimum Gasteiger partial charge on any atom is -0.312 e. The molecule has 5 aliphatic rings. The van der Waals surface area contributed by atoms with E-state index in [1.54, 1.807) is 0 Å². The predicted molar refractivity (Wildman–Crippen MR) is 603 cm³/mol. The van der Waals surface area contributed by atoms with E-state index < -0.39 is 8.07 Å². The van der Waals surface area contributed by atoms with Crippen LogP contribution in [0, 0.1) is 13.8 Å². The van der Waals surface area contributed by atoms with Crippen LogP contribution in [0.15, 0.2) is 467 Å². The molecule has 0 radical (unpaired) electrons. The van der Waals surface area contributed by atoms with E-state index in [0.29, 0.717) is 0 Å². The molecule has 1 spiro atoms. The fraction of sp³-hybridized carbons (Fsp3) is 0.136. The average Bonchev–Trinajstić information content (AvgIpc) is 1.50. The third-order valence-corrected chi connectivity index (χ3v) is 33.7. The van der Waals surface area contributed by atoms with Crippen molar-refractivity contribution in [3.05, 3.63) is 500 Å². The molecular weight excluding hydrogens is 1710 g/mol. The van der Waals surface area contributed by atoms with E-state index in [-0.39, 0.29) is 28.4 Å². The van der Waals surface area contributed by atoms with Crippen LogP contribution in [0.2, 0.25) is 0 Å². The molecule has 5 aliphatic heterocycles. The molecule has 24 rings (SSSR count). The summed E-state index contributed by atoms with van der Waals surface area (Å²) in [6, 6.07) is 171. The maximum absolute atomic E-state index is 2.49. The van der Waals surface area contributed by atoms with Crippen molar-refractivity contribution in [3.8, 4) is 33.4 Å². The lowest BCUT2D eigenvalue weighted by atomic mass is 9.34. The summed E-state index contributed by atoms with van der Waals surface area (Å²) in [7, 11) is -2.46. The molecule has 0 aromatic heterocycles. The van der Waals surface area contributed by atoms with Gasteiger partial charge >= 0.3 is 0 Å². The van der Waals surface area contributed by atoms with Gasteiger partial charge in [0.2, 0.25) is 6.71 Å². The van der Waals surface area contributed by atoms with E-state index in [1.807, 2.05) is 0 Å². The molecule has 0 amide bonds. The Morgan fingerprint density at radius 1 is 0.179 bits per heavy atom. The van der Waals surface area contributed by atoms with Gasteiger partial charge in [-0.15, -0.1) is 0 Å². The van der Waals surface area contributed by atoms with E-state index in [1.165, 1.54) is 178 Å². The molecule has 0 bridgehead atoms. The number of nitrogens with zero attached hydrogens (tertiary/aromatic N) is 6. The molecule has 0 fully saturated rings. The smallest absolute Gasteiger partial charge is 0.247 e. The summed E-state index contributed by atoms with van der Waals surface area (Å²) < 4.78 is 0. The molecule has 0 saturated heterocycles. The average molecular weight is 1830 g/mol. The Morgan fingerprint density at radius 2 is 0.400 bits per heavy atom. The molecule has 5 heterocycles. The Morgan fingerprint density at radius 3 is 0.714 bits per heavy atom. The number of para-hydroxylation sites is 14. The third-order valence-electron chi connectivity index (χ3n) is 28.7. The largest absolute Gasteiger partial charge is 0.312 e. The highest BCUT2D eigenvalue weighted by molar-refractivity contribution is 7.23. The van der Waals surface area contributed by atoms with Gasteiger partial charge in [0.25, 0.3) is 0 Å². The van der Waals surface area contributed by atoms with Crippen LogP contribution in [-0.2, 0) is 21.7 Å². The first-order chi connectivity index (χ1) is 67.9. The Hall–Kier alpha value is -15.7. The van der Waals surface area contributed by atoms with Gasteiger partial charge in [0.05, 0.1) is 51.2 Å². The van der Waals surface area contributed by atoms with E-state index in [9.17, 15) is 0 Å². The maximum Gasteiger partial charge on any atom is 0.247 e. The van der Waals surface area contributed by atoms with Gasteiger partial charge in [-0.25, -0.2) is 0 Å². The second-order valence-electron chi connectivity index (χ2n) is 41.7. The number of rotatable bonds is 9. The lowest BCUT2D eigenvalue weighted by Crippen LogP contribution is -2.75. The van der Waals surface area contributed by atoms with Crippen molar-refractivity contribution in [3.63, 3.8) is 0 Å². The van der Waals surface area contributed by atoms with E-state index >= 15 is 0 Å². The van der Waals surface area contributed by atoms with Crippen molar-refractivity contribution in [1.82, 2.24) is 0 Å². The fourth-order valence-corrected chi connectivity index (χ4v) is 27.4. The highest BCUT2D eigenvalue weighted by Gasteiger charge is 2.54. The summed E-state index contributed by atoms with van der Waals surface area (Å²) in [5, 5.41) is 5.96. The van der Waals surface area contributed by atoms with Gasteiger partial charge in [-0.1, -0.05) is 433 Å². The lowest BCUT2D eigenvalue weighted by molar-refractivity contribution is 0.590. The summed E-state index contributed by atoms with van der Waals surface area (Å²) in [4.78, 5) is 14.5. The monoisotopic (exact) mass is 1830 g/mol. The van der Waals surface area contributed by atoms with Crippen LogP contribution in [0.25, 0.3) is 33.4 Å². The van der Waals surface area contributed by atoms with Gasteiger partial charge in [-0.05, 0) is 245 Å². The molecule has 0 unspecified atom stereocenters. The molecule has 0 N–H and O–H groups in total. The number of fused-ring (bicyclic) bond motifs is 15. The first-order valence-corrected chi connectivity index (χ1v) is 51.4. The summed E-state index contributed by atoms with van der Waals surface area (Å²) >= 11 is 0. The minimum absolute atomic E-state index is 0.0992. The zero-order valence-electron chi connectivity index (χ0n) is 82.7. The zero-order chi connectivity index (χ0) is 96.4. The minimum atomic E-state index is -2.46. The quantitative estimate of drug-likeness (QED) is 0.133. The van der Waals surface area contributed by atoms with Crippen LogP contribution in [0.4, 0.5) is 102 Å². The van der Waals surface area contributed by atoms with Gasteiger partial charge < -0.3 is 29.4 Å². The second-order valence-corrected chi connectivity index (χ2v) is 45.3. The molecule has 19 aromatic rings. The van der Waals surface area contributed by atoms with Crippen LogP contribution in [-0.4, -0.2) is 14.8 Å². The maximum atomic E-state index is 2.49. The Bertz CT molecular complexity index is 7440. The van der Waals surface area contributed by atoms with Crippen molar-refractivity contribution in [2.75, 3.05) is 29.4 Å². The van der Waals surface area contributed by atoms with Gasteiger partial charge in [0.15, 0.2) is 8.07 Å². The molecular formula is C132H119BN6Si. The van der Waals surface area contributed by atoms with Crippen LogP contribution in [0.1, 0.15) is 116 Å². The second kappa shape index (κ2) is 37.0. The van der Waals surface area contributed by atoms with Gasteiger partial charge in [0, 0.05) is 62.3 Å². The molecule has 6 nitrogen and oxygen atoms in total. The van der Waals surface area contributed by atoms with Crippen LogP contribution in [0.3, 0.4) is 0 Å². The number of anilines is 18. The van der Waals surface area contributed by atoms with Crippen molar-refractivity contribution < 1.29 is 0 Å². The van der Waals surface area contributed by atoms with Gasteiger partial charge in [-0.2, -0.15) is 0 Å². The van der Waals surface area contributed by atoms with Crippen molar-refractivity contribution in [2.45, 2.75) is 119 Å². The van der Waals surface area contributed by atoms with Crippen LogP contribution in [0.5, 0.6) is 0 Å². The fourth-order valence-electron chi connectivity index (χ4n) is 21.8. The first kappa shape index (κ1) is 90.7. The third kappa shape index (κ3) is 16.5. The first-order valence-electron chi connectivity index (χ1n) is 49.4. The van der Waals surface area contributed by atoms with Crippen molar-refractivity contribution in [2.24, 2.45) is 0 Å². The summed E-state index contributed by atoms with van der Waals surface area (Å²) in [5.74, 6) is 0. The molecule has 0 saturated carbocycles. The normalized spacial score (nSPS) is 13.3. The van der Waals surface area contributed by atoms with E-state index in [4.69, 9.17) is 0 Å². The predicted octanol–water partition coefficient (Wildman–Crippen LogP) is 31.8. The summed E-state index contributed by atoms with van der Waals surface area (Å²) in [6.07, 6.45) is 0. The topological polar surface area (TPSA) is 19.4 Å². The van der Waals surface area contributed by atoms with E-state index in [0.717, 1.165) is 28.4 Å². The van der Waals surface area contributed by atoms with Gasteiger partial charge in [0.1, 0.15) is 0 Å². The summed E-state index contributed by atoms with van der Waals surface area (Å²) in [6.45, 7) is 31.9. The Kier molecular flexibility index (Phi) is 24.0. The molecule has 684 valence electrons. The number of aryl methyl sites for hydroxylation is 2. The highest BCUT2D eigenvalue weighted by atomic mass is 28.3. The Labute approximate surface area is 830 Å². The van der Waals surface area contributed by atoms with E-state index in [2.05, 4.69) is 593 Å². The number of hydrogen-bond acceptors (Lipinski definition) is 6. The van der Waals surface area contributed by atoms with Crippen molar-refractivity contribution in [1.29, 1.82) is 0 Å². The molecule has 8 heteroatoms. The molecule has 0 atom stereocenters.